The predicted molar refractivity (Wildman–Crippen MR) is 122 cm³/mol. The van der Waals surface area contributed by atoms with Crippen molar-refractivity contribution in [2.24, 2.45) is 0 Å². The number of allylic oxidation sites excluding steroid dienone is 1. The highest BCUT2D eigenvalue weighted by Crippen LogP contribution is 2.38. The molecule has 1 aromatic carbocycles. The van der Waals surface area contributed by atoms with E-state index in [-0.39, 0.29) is 30.5 Å². The molecule has 0 spiro atoms. The van der Waals surface area contributed by atoms with Crippen LogP contribution in [0.2, 0.25) is 0 Å². The van der Waals surface area contributed by atoms with Crippen LogP contribution in [0.3, 0.4) is 0 Å². The molecular formula is C20H25Cl2N5O5. The fourth-order valence-corrected chi connectivity index (χ4v) is 3.95. The normalized spacial score (nSPS) is 18.0. The Morgan fingerprint density at radius 1 is 1.34 bits per heavy atom. The number of morpholine rings is 1. The minimum Gasteiger partial charge on any atom is -0.466 e. The van der Waals surface area contributed by atoms with Gasteiger partial charge in [-0.15, -0.1) is 24.8 Å². The van der Waals surface area contributed by atoms with Gasteiger partial charge in [0, 0.05) is 37.5 Å². The Kier molecular flexibility index (Phi) is 8.62. The molecule has 3 heterocycles. The summed E-state index contributed by atoms with van der Waals surface area (Å²) in [6.07, 6.45) is 1.77. The Balaban J connectivity index is 0.00000181. The second-order valence-electron chi connectivity index (χ2n) is 7.24. The van der Waals surface area contributed by atoms with E-state index in [0.717, 1.165) is 18.8 Å². The average molecular weight is 486 g/mol. The SMILES string of the molecule is COC(=O)C1=C(C)Nc2ncc(CN3CCOCC3)n2C1c1cccc([N+](=O)[O-])c1.Cl.Cl. The van der Waals surface area contributed by atoms with Crippen molar-refractivity contribution >= 4 is 42.4 Å². The number of nitro groups is 1. The fourth-order valence-electron chi connectivity index (χ4n) is 3.95. The fraction of sp³-hybridized carbons (Fsp3) is 0.400. The smallest absolute Gasteiger partial charge is 0.337 e. The molecule has 32 heavy (non-hydrogen) atoms. The van der Waals surface area contributed by atoms with Gasteiger partial charge in [0.1, 0.15) is 0 Å². The lowest BCUT2D eigenvalue weighted by Gasteiger charge is -2.32. The van der Waals surface area contributed by atoms with Crippen LogP contribution >= 0.6 is 24.8 Å². The van der Waals surface area contributed by atoms with Crippen molar-refractivity contribution in [1.82, 2.24) is 14.5 Å². The maximum absolute atomic E-state index is 12.7. The topological polar surface area (TPSA) is 112 Å². The van der Waals surface area contributed by atoms with Crippen molar-refractivity contribution < 1.29 is 19.2 Å². The number of ether oxygens (including phenoxy) is 2. The molecule has 2 aliphatic rings. The minimum absolute atomic E-state index is 0. The van der Waals surface area contributed by atoms with E-state index in [2.05, 4.69) is 15.2 Å². The Morgan fingerprint density at radius 3 is 2.72 bits per heavy atom. The van der Waals surface area contributed by atoms with Crippen LogP contribution in [0.5, 0.6) is 0 Å². The van der Waals surface area contributed by atoms with Crippen LogP contribution < -0.4 is 5.32 Å². The summed E-state index contributed by atoms with van der Waals surface area (Å²) in [7, 11) is 1.32. The maximum atomic E-state index is 12.7. The number of non-ortho nitro benzene ring substituents is 1. The number of hydrogen-bond donors (Lipinski definition) is 1. The van der Waals surface area contributed by atoms with E-state index < -0.39 is 16.9 Å². The molecule has 0 amide bonds. The van der Waals surface area contributed by atoms with Crippen molar-refractivity contribution in [2.45, 2.75) is 19.5 Å². The molecule has 2 aromatic rings. The lowest BCUT2D eigenvalue weighted by atomic mass is 9.94. The number of carbonyl (C=O) groups excluding carboxylic acids is 1. The zero-order valence-electron chi connectivity index (χ0n) is 17.6. The van der Waals surface area contributed by atoms with Gasteiger partial charge in [-0.05, 0) is 12.5 Å². The molecule has 1 unspecified atom stereocenters. The van der Waals surface area contributed by atoms with Gasteiger partial charge in [0.2, 0.25) is 5.95 Å². The Labute approximate surface area is 197 Å². The summed E-state index contributed by atoms with van der Waals surface area (Å²) < 4.78 is 12.4. The summed E-state index contributed by atoms with van der Waals surface area (Å²) in [5.74, 6) is 0.0908. The van der Waals surface area contributed by atoms with Crippen LogP contribution in [0.15, 0.2) is 41.7 Å². The van der Waals surface area contributed by atoms with Gasteiger partial charge in [-0.2, -0.15) is 0 Å². The number of rotatable bonds is 5. The number of anilines is 1. The molecule has 1 fully saturated rings. The second kappa shape index (κ2) is 10.8. The number of nitro benzene ring substituents is 1. The number of nitrogens with one attached hydrogen (secondary N) is 1. The number of hydrogen-bond acceptors (Lipinski definition) is 8. The van der Waals surface area contributed by atoms with E-state index in [1.807, 2.05) is 4.57 Å². The number of methoxy groups -OCH3 is 1. The van der Waals surface area contributed by atoms with Crippen molar-refractivity contribution in [1.29, 1.82) is 0 Å². The van der Waals surface area contributed by atoms with Gasteiger partial charge < -0.3 is 19.4 Å². The summed E-state index contributed by atoms with van der Waals surface area (Å²) >= 11 is 0. The average Bonchev–Trinajstić information content (AvgIpc) is 3.15. The first kappa shape index (κ1) is 25.6. The Hall–Kier alpha value is -2.66. The third-order valence-corrected chi connectivity index (χ3v) is 5.40. The van der Waals surface area contributed by atoms with Gasteiger partial charge in [0.15, 0.2) is 0 Å². The van der Waals surface area contributed by atoms with Crippen LogP contribution in [0, 0.1) is 10.1 Å². The van der Waals surface area contributed by atoms with Crippen LogP contribution in [-0.4, -0.2) is 58.8 Å². The van der Waals surface area contributed by atoms with E-state index in [0.29, 0.717) is 42.5 Å². The molecule has 1 saturated heterocycles. The number of nitrogens with zero attached hydrogens (tertiary/aromatic N) is 4. The van der Waals surface area contributed by atoms with Crippen LogP contribution in [0.1, 0.15) is 24.2 Å². The number of benzene rings is 1. The van der Waals surface area contributed by atoms with E-state index >= 15 is 0 Å². The summed E-state index contributed by atoms with van der Waals surface area (Å²) in [6.45, 7) is 5.33. The number of fused-ring (bicyclic) bond motifs is 1. The third-order valence-electron chi connectivity index (χ3n) is 5.40. The summed E-state index contributed by atoms with van der Waals surface area (Å²) in [5.41, 5.74) is 2.48. The highest BCUT2D eigenvalue weighted by Gasteiger charge is 2.35. The van der Waals surface area contributed by atoms with E-state index in [4.69, 9.17) is 9.47 Å². The molecule has 0 aliphatic carbocycles. The molecule has 4 rings (SSSR count). The maximum Gasteiger partial charge on any atom is 0.337 e. The van der Waals surface area contributed by atoms with E-state index in [1.54, 1.807) is 25.3 Å². The first-order chi connectivity index (χ1) is 14.5. The molecule has 0 radical (unpaired) electrons. The summed E-state index contributed by atoms with van der Waals surface area (Å²) in [6, 6.07) is 5.74. The summed E-state index contributed by atoms with van der Waals surface area (Å²) in [4.78, 5) is 30.4. The Morgan fingerprint density at radius 2 is 2.06 bits per heavy atom. The molecule has 12 heteroatoms. The first-order valence-corrected chi connectivity index (χ1v) is 9.66. The van der Waals surface area contributed by atoms with Crippen molar-refractivity contribution in [3.63, 3.8) is 0 Å². The van der Waals surface area contributed by atoms with Gasteiger partial charge in [0.25, 0.3) is 5.69 Å². The zero-order valence-corrected chi connectivity index (χ0v) is 19.3. The number of imidazole rings is 1. The number of esters is 1. The van der Waals surface area contributed by atoms with Gasteiger partial charge >= 0.3 is 5.97 Å². The molecule has 0 bridgehead atoms. The highest BCUT2D eigenvalue weighted by atomic mass is 35.5. The van der Waals surface area contributed by atoms with Crippen molar-refractivity contribution in [2.75, 3.05) is 38.7 Å². The lowest BCUT2D eigenvalue weighted by Crippen LogP contribution is -2.37. The summed E-state index contributed by atoms with van der Waals surface area (Å²) in [5, 5.41) is 14.5. The van der Waals surface area contributed by atoms with Crippen molar-refractivity contribution in [3.05, 3.63) is 63.1 Å². The third kappa shape index (κ3) is 4.88. The monoisotopic (exact) mass is 485 g/mol. The number of halogens is 2. The second-order valence-corrected chi connectivity index (χ2v) is 7.24. The van der Waals surface area contributed by atoms with Crippen LogP contribution in [0.25, 0.3) is 0 Å². The zero-order chi connectivity index (χ0) is 21.3. The van der Waals surface area contributed by atoms with Gasteiger partial charge in [-0.1, -0.05) is 12.1 Å². The molecule has 0 saturated carbocycles. The molecule has 2 aliphatic heterocycles. The predicted octanol–water partition coefficient (Wildman–Crippen LogP) is 2.93. The molecule has 174 valence electrons. The van der Waals surface area contributed by atoms with Gasteiger partial charge in [0.05, 0.1) is 48.8 Å². The number of carbonyl (C=O) groups is 1. The lowest BCUT2D eigenvalue weighted by molar-refractivity contribution is -0.384. The molecule has 1 atom stereocenters. The molecular weight excluding hydrogens is 461 g/mol. The molecule has 1 N–H and O–H groups in total. The largest absolute Gasteiger partial charge is 0.466 e. The molecule has 10 nitrogen and oxygen atoms in total. The van der Waals surface area contributed by atoms with Gasteiger partial charge in [-0.25, -0.2) is 9.78 Å². The number of aromatic nitrogens is 2. The van der Waals surface area contributed by atoms with E-state index in [9.17, 15) is 14.9 Å². The standard InChI is InChI=1S/C20H23N5O5.2ClH/c1-13-17(19(26)29-2)18(14-4-3-5-15(10-14)25(27)28)24-16(11-21-20(24)22-13)12-23-6-8-30-9-7-23;;/h3-5,10-11,18H,6-9,12H2,1-2H3,(H,21,22);2*1H. The first-order valence-electron chi connectivity index (χ1n) is 9.66. The Bertz CT molecular complexity index is 1020. The highest BCUT2D eigenvalue weighted by molar-refractivity contribution is 5.92. The van der Waals surface area contributed by atoms with Crippen LogP contribution in [0.4, 0.5) is 11.6 Å². The minimum atomic E-state index is -0.591. The quantitative estimate of drug-likeness (QED) is 0.390. The van der Waals surface area contributed by atoms with Crippen molar-refractivity contribution in [3.8, 4) is 0 Å². The molecule has 1 aromatic heterocycles. The van der Waals surface area contributed by atoms with E-state index in [1.165, 1.54) is 19.2 Å². The van der Waals surface area contributed by atoms with Gasteiger partial charge in [-0.3, -0.25) is 15.0 Å². The van der Waals surface area contributed by atoms with Crippen LogP contribution in [-0.2, 0) is 20.8 Å².